The molecule has 2 aromatic carbocycles. The minimum absolute atomic E-state index is 0.0597. The number of amides is 1. The highest BCUT2D eigenvalue weighted by Crippen LogP contribution is 2.17. The van der Waals surface area contributed by atoms with E-state index in [1.807, 2.05) is 36.4 Å². The third-order valence-electron chi connectivity index (χ3n) is 3.14. The molecule has 0 bridgehead atoms. The fourth-order valence-electron chi connectivity index (χ4n) is 2.02. The van der Waals surface area contributed by atoms with Gasteiger partial charge in [0.25, 0.3) is 0 Å². The van der Waals surface area contributed by atoms with Crippen LogP contribution in [0.2, 0.25) is 5.02 Å². The number of aliphatic hydroxyl groups excluding tert-OH is 1. The van der Waals surface area contributed by atoms with Gasteiger partial charge in [0, 0.05) is 11.6 Å². The van der Waals surface area contributed by atoms with Crippen LogP contribution in [0.4, 0.5) is 0 Å². The average Bonchev–Trinajstić information content (AvgIpc) is 2.58. The molecular weight excluding hydrogens is 330 g/mol. The number of benzene rings is 2. The highest BCUT2D eigenvalue weighted by atomic mass is 35.5. The second kappa shape index (κ2) is 9.80. The van der Waals surface area contributed by atoms with Crippen molar-refractivity contribution < 1.29 is 19.4 Å². The van der Waals surface area contributed by atoms with Crippen LogP contribution < -0.4 is 14.8 Å². The molecule has 0 saturated carbocycles. The van der Waals surface area contributed by atoms with Gasteiger partial charge in [-0.15, -0.1) is 0 Å². The van der Waals surface area contributed by atoms with E-state index < -0.39 is 0 Å². The number of halogens is 1. The maximum atomic E-state index is 11.5. The minimum Gasteiger partial charge on any atom is -0.490 e. The lowest BCUT2D eigenvalue weighted by Crippen LogP contribution is -2.27. The molecule has 0 unspecified atom stereocenters. The topological polar surface area (TPSA) is 67.8 Å². The van der Waals surface area contributed by atoms with E-state index in [0.717, 1.165) is 5.56 Å². The molecule has 0 aromatic heterocycles. The molecule has 2 rings (SSSR count). The lowest BCUT2D eigenvalue weighted by atomic mass is 10.1. The van der Waals surface area contributed by atoms with Crippen molar-refractivity contribution in [2.75, 3.05) is 26.4 Å². The number of carbonyl (C=O) groups excluding carboxylic acids is 1. The molecule has 2 aromatic rings. The fraction of sp³-hybridized carbons (Fsp3) is 0.278. The van der Waals surface area contributed by atoms with Crippen molar-refractivity contribution in [2.24, 2.45) is 0 Å². The third-order valence-corrected chi connectivity index (χ3v) is 3.37. The Morgan fingerprint density at radius 2 is 1.75 bits per heavy atom. The summed E-state index contributed by atoms with van der Waals surface area (Å²) in [5.41, 5.74) is 0.882. The van der Waals surface area contributed by atoms with E-state index in [2.05, 4.69) is 5.32 Å². The summed E-state index contributed by atoms with van der Waals surface area (Å²) in [6.07, 6.45) is 0.276. The van der Waals surface area contributed by atoms with E-state index in [-0.39, 0.29) is 25.5 Å². The Morgan fingerprint density at radius 3 is 2.42 bits per heavy atom. The van der Waals surface area contributed by atoms with Crippen LogP contribution in [0.3, 0.4) is 0 Å². The number of carbonyl (C=O) groups is 1. The van der Waals surface area contributed by atoms with Crippen LogP contribution in [-0.2, 0) is 11.2 Å². The number of nitrogens with one attached hydrogen (secondary N) is 1. The van der Waals surface area contributed by atoms with Crippen LogP contribution >= 0.6 is 11.6 Å². The molecule has 0 radical (unpaired) electrons. The molecule has 0 aliphatic heterocycles. The van der Waals surface area contributed by atoms with E-state index in [1.54, 1.807) is 12.1 Å². The van der Waals surface area contributed by atoms with Crippen molar-refractivity contribution >= 4 is 17.5 Å². The summed E-state index contributed by atoms with van der Waals surface area (Å²) >= 11 is 5.88. The lowest BCUT2D eigenvalue weighted by molar-refractivity contribution is -0.120. The summed E-state index contributed by atoms with van der Waals surface area (Å²) in [6.45, 7) is 1.02. The first-order valence-electron chi connectivity index (χ1n) is 7.65. The van der Waals surface area contributed by atoms with Crippen LogP contribution in [0.15, 0.2) is 48.5 Å². The monoisotopic (exact) mass is 349 g/mol. The summed E-state index contributed by atoms with van der Waals surface area (Å²) in [5, 5.41) is 11.9. The first-order chi connectivity index (χ1) is 11.7. The molecule has 128 valence electrons. The summed E-state index contributed by atoms with van der Waals surface area (Å²) in [5.74, 6) is 1.30. The largest absolute Gasteiger partial charge is 0.490 e. The predicted octanol–water partition coefficient (Wildman–Crippen LogP) is 2.45. The maximum absolute atomic E-state index is 11.5. The highest BCUT2D eigenvalue weighted by Gasteiger charge is 2.03. The number of ether oxygens (including phenoxy) is 2. The second-order valence-corrected chi connectivity index (χ2v) is 5.49. The Balaban J connectivity index is 1.70. The molecular formula is C18H20ClNO4. The average molecular weight is 350 g/mol. The van der Waals surface area contributed by atoms with Crippen LogP contribution in [0.5, 0.6) is 11.5 Å². The molecule has 0 fully saturated rings. The first-order valence-corrected chi connectivity index (χ1v) is 8.03. The summed E-state index contributed by atoms with van der Waals surface area (Å²) in [6, 6.07) is 14.5. The molecule has 0 heterocycles. The molecule has 5 nitrogen and oxygen atoms in total. The fourth-order valence-corrected chi connectivity index (χ4v) is 2.20. The van der Waals surface area contributed by atoms with Crippen molar-refractivity contribution in [1.29, 1.82) is 0 Å². The van der Waals surface area contributed by atoms with Gasteiger partial charge < -0.3 is 19.9 Å². The van der Waals surface area contributed by atoms with Crippen molar-refractivity contribution in [3.05, 3.63) is 59.1 Å². The Labute approximate surface area is 146 Å². The molecule has 24 heavy (non-hydrogen) atoms. The van der Waals surface area contributed by atoms with Gasteiger partial charge in [-0.2, -0.15) is 0 Å². The molecule has 0 spiro atoms. The van der Waals surface area contributed by atoms with Crippen LogP contribution in [0, 0.1) is 0 Å². The van der Waals surface area contributed by atoms with Gasteiger partial charge in [0.2, 0.25) is 5.91 Å². The third kappa shape index (κ3) is 6.48. The van der Waals surface area contributed by atoms with Crippen LogP contribution in [-0.4, -0.2) is 37.4 Å². The highest BCUT2D eigenvalue weighted by molar-refractivity contribution is 6.30. The SMILES string of the molecule is O=C(Cc1ccc(OCCOc2cccc(Cl)c2)cc1)NCCO. The van der Waals surface area contributed by atoms with E-state index in [9.17, 15) is 4.79 Å². The lowest BCUT2D eigenvalue weighted by Gasteiger charge is -2.09. The zero-order valence-corrected chi connectivity index (χ0v) is 14.0. The summed E-state index contributed by atoms with van der Waals surface area (Å²) in [4.78, 5) is 11.5. The minimum atomic E-state index is -0.118. The summed E-state index contributed by atoms with van der Waals surface area (Å²) < 4.78 is 11.1. The van der Waals surface area contributed by atoms with Crippen LogP contribution in [0.25, 0.3) is 0 Å². The summed E-state index contributed by atoms with van der Waals surface area (Å²) in [7, 11) is 0. The van der Waals surface area contributed by atoms with E-state index >= 15 is 0 Å². The van der Waals surface area contributed by atoms with Gasteiger partial charge in [-0.1, -0.05) is 29.8 Å². The predicted molar refractivity (Wildman–Crippen MR) is 92.7 cm³/mol. The number of hydrogen-bond donors (Lipinski definition) is 2. The Bertz CT molecular complexity index is 646. The van der Waals surface area contributed by atoms with E-state index in [1.165, 1.54) is 0 Å². The molecule has 2 N–H and O–H groups in total. The maximum Gasteiger partial charge on any atom is 0.224 e. The van der Waals surface area contributed by atoms with Crippen LogP contribution in [0.1, 0.15) is 5.56 Å². The Hall–Kier alpha value is -2.24. The van der Waals surface area contributed by atoms with Gasteiger partial charge in [0.15, 0.2) is 0 Å². The normalized spacial score (nSPS) is 10.2. The van der Waals surface area contributed by atoms with Gasteiger partial charge >= 0.3 is 0 Å². The zero-order valence-electron chi connectivity index (χ0n) is 13.2. The molecule has 0 saturated heterocycles. The molecule has 0 atom stereocenters. The standard InChI is InChI=1S/C18H20ClNO4/c19-15-2-1-3-17(13-15)24-11-10-23-16-6-4-14(5-7-16)12-18(22)20-8-9-21/h1-7,13,21H,8-12H2,(H,20,22). The smallest absolute Gasteiger partial charge is 0.224 e. The van der Waals surface area contributed by atoms with Crippen molar-refractivity contribution in [3.63, 3.8) is 0 Å². The molecule has 0 aliphatic rings. The molecule has 6 heteroatoms. The van der Waals surface area contributed by atoms with Gasteiger partial charge in [0.05, 0.1) is 13.0 Å². The van der Waals surface area contributed by atoms with Gasteiger partial charge in [-0.05, 0) is 35.9 Å². The van der Waals surface area contributed by atoms with Crippen molar-refractivity contribution in [2.45, 2.75) is 6.42 Å². The van der Waals surface area contributed by atoms with Crippen molar-refractivity contribution in [3.8, 4) is 11.5 Å². The number of aliphatic hydroxyl groups is 1. The van der Waals surface area contributed by atoms with Gasteiger partial charge in [0.1, 0.15) is 24.7 Å². The first kappa shape index (κ1) is 18.1. The quantitative estimate of drug-likeness (QED) is 0.682. The van der Waals surface area contributed by atoms with E-state index in [4.69, 9.17) is 26.2 Å². The zero-order chi connectivity index (χ0) is 17.2. The van der Waals surface area contributed by atoms with Gasteiger partial charge in [-0.3, -0.25) is 4.79 Å². The Kier molecular flexibility index (Phi) is 7.39. The van der Waals surface area contributed by atoms with E-state index in [0.29, 0.717) is 29.7 Å². The molecule has 1 amide bonds. The number of hydrogen-bond acceptors (Lipinski definition) is 4. The second-order valence-electron chi connectivity index (χ2n) is 5.05. The van der Waals surface area contributed by atoms with Gasteiger partial charge in [-0.25, -0.2) is 0 Å². The molecule has 0 aliphatic carbocycles. The Morgan fingerprint density at radius 1 is 1.04 bits per heavy atom. The number of rotatable bonds is 9. The van der Waals surface area contributed by atoms with Crippen molar-refractivity contribution in [1.82, 2.24) is 5.32 Å².